The highest BCUT2D eigenvalue weighted by atomic mass is 19.1. The van der Waals surface area contributed by atoms with E-state index in [0.717, 1.165) is 10.6 Å². The third kappa shape index (κ3) is 3.55. The topological polar surface area (TPSA) is 98.5 Å². The molecule has 3 rings (SSSR count). The first-order chi connectivity index (χ1) is 12.8. The lowest BCUT2D eigenvalue weighted by atomic mass is 10.2. The maximum atomic E-state index is 14.0. The van der Waals surface area contributed by atoms with Gasteiger partial charge in [-0.05, 0) is 6.42 Å². The Labute approximate surface area is 154 Å². The maximum Gasteiger partial charge on any atom is 0.332 e. The van der Waals surface area contributed by atoms with Crippen LogP contribution in [0.3, 0.4) is 0 Å². The molecular weight excluding hydrogens is 357 g/mol. The van der Waals surface area contributed by atoms with Crippen LogP contribution in [0.5, 0.6) is 5.75 Å². The predicted octanol–water partition coefficient (Wildman–Crippen LogP) is -0.365. The van der Waals surface area contributed by atoms with Gasteiger partial charge in [-0.15, -0.1) is 0 Å². The molecule has 2 aromatic rings. The lowest BCUT2D eigenvalue weighted by Crippen LogP contribution is -2.41. The van der Waals surface area contributed by atoms with Crippen molar-refractivity contribution >= 4 is 11.7 Å². The molecule has 0 radical (unpaired) electrons. The number of ether oxygens (including phenoxy) is 1. The van der Waals surface area contributed by atoms with E-state index < -0.39 is 23.0 Å². The monoisotopic (exact) mass is 377 g/mol. The maximum absolute atomic E-state index is 14.0. The summed E-state index contributed by atoms with van der Waals surface area (Å²) in [4.78, 5) is 41.9. The van der Waals surface area contributed by atoms with Crippen LogP contribution in [-0.4, -0.2) is 46.3 Å². The fourth-order valence-corrected chi connectivity index (χ4v) is 3.06. The minimum Gasteiger partial charge on any atom is -0.495 e. The zero-order valence-electron chi connectivity index (χ0n) is 15.2. The standard InChI is InChI=1S/C17H20FN5O4/c1-21-13(7-14(24)22(2)17(21)26)23-5-4-10(9-23)20-16(25)15-12(18)6-11(27-3)8-19-15/h6-8,10H,4-5,9H2,1-3H3,(H,20,25)/t10-/m0/s1. The van der Waals surface area contributed by atoms with Gasteiger partial charge < -0.3 is 15.0 Å². The summed E-state index contributed by atoms with van der Waals surface area (Å²) in [5, 5.41) is 2.74. The molecule has 0 saturated carbocycles. The number of nitrogens with one attached hydrogen (secondary N) is 1. The fourth-order valence-electron chi connectivity index (χ4n) is 3.06. The van der Waals surface area contributed by atoms with Crippen LogP contribution >= 0.6 is 0 Å². The van der Waals surface area contributed by atoms with Gasteiger partial charge >= 0.3 is 5.69 Å². The van der Waals surface area contributed by atoms with Gasteiger partial charge in [0.1, 0.15) is 11.6 Å². The lowest BCUT2D eigenvalue weighted by Gasteiger charge is -2.21. The minimum atomic E-state index is -0.768. The number of hydrogen-bond donors (Lipinski definition) is 1. The van der Waals surface area contributed by atoms with Crippen LogP contribution in [0.2, 0.25) is 0 Å². The highest BCUT2D eigenvalue weighted by Gasteiger charge is 2.27. The van der Waals surface area contributed by atoms with E-state index in [0.29, 0.717) is 25.3 Å². The molecule has 27 heavy (non-hydrogen) atoms. The highest BCUT2D eigenvalue weighted by Crippen LogP contribution is 2.18. The molecule has 10 heteroatoms. The Morgan fingerprint density at radius 3 is 2.70 bits per heavy atom. The molecule has 0 bridgehead atoms. The van der Waals surface area contributed by atoms with Gasteiger partial charge in [0.15, 0.2) is 11.5 Å². The molecule has 3 heterocycles. The Kier molecular flexibility index (Phi) is 4.98. The number of aromatic nitrogens is 3. The van der Waals surface area contributed by atoms with Crippen molar-refractivity contribution in [3.05, 3.63) is 50.7 Å². The summed E-state index contributed by atoms with van der Waals surface area (Å²) >= 11 is 0. The van der Waals surface area contributed by atoms with Gasteiger partial charge in [0.2, 0.25) is 0 Å². The van der Waals surface area contributed by atoms with Crippen molar-refractivity contribution in [2.75, 3.05) is 25.1 Å². The second-order valence-corrected chi connectivity index (χ2v) is 6.35. The summed E-state index contributed by atoms with van der Waals surface area (Å²) < 4.78 is 21.3. The molecule has 1 atom stereocenters. The highest BCUT2D eigenvalue weighted by molar-refractivity contribution is 5.92. The number of methoxy groups -OCH3 is 1. The Morgan fingerprint density at radius 2 is 2.04 bits per heavy atom. The van der Waals surface area contributed by atoms with Crippen LogP contribution in [0, 0.1) is 5.82 Å². The van der Waals surface area contributed by atoms with Gasteiger partial charge in [-0.1, -0.05) is 0 Å². The van der Waals surface area contributed by atoms with Crippen LogP contribution in [0.25, 0.3) is 0 Å². The molecule has 144 valence electrons. The van der Waals surface area contributed by atoms with Crippen molar-refractivity contribution in [1.29, 1.82) is 0 Å². The van der Waals surface area contributed by atoms with E-state index in [-0.39, 0.29) is 17.5 Å². The summed E-state index contributed by atoms with van der Waals surface area (Å²) in [6.45, 7) is 0.938. The molecule has 0 unspecified atom stereocenters. The van der Waals surface area contributed by atoms with Gasteiger partial charge in [-0.3, -0.25) is 18.7 Å². The second kappa shape index (κ2) is 7.22. The van der Waals surface area contributed by atoms with Gasteiger partial charge in [0.25, 0.3) is 11.5 Å². The predicted molar refractivity (Wildman–Crippen MR) is 95.8 cm³/mol. The molecule has 0 aliphatic carbocycles. The zero-order chi connectivity index (χ0) is 19.7. The van der Waals surface area contributed by atoms with E-state index in [1.54, 1.807) is 7.05 Å². The smallest absolute Gasteiger partial charge is 0.332 e. The van der Waals surface area contributed by atoms with Crippen molar-refractivity contribution < 1.29 is 13.9 Å². The molecule has 0 spiro atoms. The Morgan fingerprint density at radius 1 is 1.30 bits per heavy atom. The summed E-state index contributed by atoms with van der Waals surface area (Å²) in [5.74, 6) is -0.688. The quantitative estimate of drug-likeness (QED) is 0.781. The van der Waals surface area contributed by atoms with Crippen molar-refractivity contribution in [3.8, 4) is 5.75 Å². The van der Waals surface area contributed by atoms with Crippen LogP contribution in [0.1, 0.15) is 16.9 Å². The molecule has 1 amide bonds. The van der Waals surface area contributed by atoms with E-state index in [1.807, 2.05) is 4.90 Å². The number of halogens is 1. The molecule has 2 aromatic heterocycles. The van der Waals surface area contributed by atoms with Crippen LogP contribution < -0.4 is 26.2 Å². The molecule has 1 saturated heterocycles. The zero-order valence-corrected chi connectivity index (χ0v) is 15.2. The number of amides is 1. The minimum absolute atomic E-state index is 0.225. The summed E-state index contributed by atoms with van der Waals surface area (Å²) in [7, 11) is 4.38. The number of hydrogen-bond acceptors (Lipinski definition) is 6. The number of carbonyl (C=O) groups is 1. The SMILES string of the molecule is COc1cnc(C(=O)N[C@H]2CCN(c3cc(=O)n(C)c(=O)n3C)C2)c(F)c1. The average molecular weight is 377 g/mol. The number of pyridine rings is 1. The largest absolute Gasteiger partial charge is 0.495 e. The molecule has 0 aromatic carbocycles. The molecule has 1 aliphatic rings. The van der Waals surface area contributed by atoms with Crippen molar-refractivity contribution in [2.45, 2.75) is 12.5 Å². The summed E-state index contributed by atoms with van der Waals surface area (Å²) in [6, 6.07) is 2.22. The number of nitrogens with zero attached hydrogens (tertiary/aromatic N) is 4. The first-order valence-electron chi connectivity index (χ1n) is 8.34. The van der Waals surface area contributed by atoms with E-state index >= 15 is 0 Å². The number of anilines is 1. The van der Waals surface area contributed by atoms with Crippen molar-refractivity contribution in [1.82, 2.24) is 19.4 Å². The molecule has 9 nitrogen and oxygen atoms in total. The van der Waals surface area contributed by atoms with E-state index in [1.165, 1.54) is 31.0 Å². The van der Waals surface area contributed by atoms with Gasteiger partial charge in [-0.2, -0.15) is 0 Å². The van der Waals surface area contributed by atoms with Gasteiger partial charge in [0.05, 0.1) is 13.3 Å². The Balaban J connectivity index is 1.73. The molecule has 1 N–H and O–H groups in total. The van der Waals surface area contributed by atoms with Crippen LogP contribution in [0.15, 0.2) is 27.9 Å². The first kappa shape index (κ1) is 18.6. The summed E-state index contributed by atoms with van der Waals surface area (Å²) in [5.41, 5.74) is -1.13. The Bertz CT molecular complexity index is 1000. The number of carbonyl (C=O) groups excluding carboxylic acids is 1. The molecule has 1 aliphatic heterocycles. The van der Waals surface area contributed by atoms with E-state index in [4.69, 9.17) is 4.74 Å². The van der Waals surface area contributed by atoms with E-state index in [9.17, 15) is 18.8 Å². The lowest BCUT2D eigenvalue weighted by molar-refractivity contribution is 0.0930. The third-order valence-corrected chi connectivity index (χ3v) is 4.62. The average Bonchev–Trinajstić information content (AvgIpc) is 3.10. The van der Waals surface area contributed by atoms with E-state index in [2.05, 4.69) is 10.3 Å². The Hall–Kier alpha value is -3.17. The third-order valence-electron chi connectivity index (χ3n) is 4.62. The van der Waals surface area contributed by atoms with Gasteiger partial charge in [-0.25, -0.2) is 14.2 Å². The summed E-state index contributed by atoms with van der Waals surface area (Å²) in [6.07, 6.45) is 1.86. The fraction of sp³-hybridized carbons (Fsp3) is 0.412. The molecule has 1 fully saturated rings. The van der Waals surface area contributed by atoms with Crippen molar-refractivity contribution in [3.63, 3.8) is 0 Å². The normalized spacial score (nSPS) is 16.4. The van der Waals surface area contributed by atoms with Crippen LogP contribution in [0.4, 0.5) is 10.2 Å². The number of rotatable bonds is 4. The first-order valence-corrected chi connectivity index (χ1v) is 8.34. The second-order valence-electron chi connectivity index (χ2n) is 6.35. The van der Waals surface area contributed by atoms with Crippen molar-refractivity contribution in [2.24, 2.45) is 14.1 Å². The van der Waals surface area contributed by atoms with Gasteiger partial charge in [0, 0.05) is 45.4 Å². The van der Waals surface area contributed by atoms with Crippen LogP contribution in [-0.2, 0) is 14.1 Å². The molecular formula is C17H20FN5O4.